The number of carbonyl (C=O) groups excluding carboxylic acids is 1. The Hall–Kier alpha value is -3.38. The fraction of sp³-hybridized carbons (Fsp3) is 0.0909. The summed E-state index contributed by atoms with van der Waals surface area (Å²) in [7, 11) is 0. The number of carbonyl (C=O) groups is 1. The first-order valence-corrected chi connectivity index (χ1v) is 8.03. The van der Waals surface area contributed by atoms with Crippen LogP contribution in [0.25, 0.3) is 10.8 Å². The van der Waals surface area contributed by atoms with Crippen molar-refractivity contribution in [3.05, 3.63) is 96.1 Å². The van der Waals surface area contributed by atoms with Gasteiger partial charge in [0, 0.05) is 11.1 Å². The van der Waals surface area contributed by atoms with Crippen LogP contribution in [0.15, 0.2) is 84.9 Å². The molecule has 25 heavy (non-hydrogen) atoms. The standard InChI is InChI=1S/C22H15NO2/c1-15-20(18-12-11-16-7-5-6-8-17(16)13-18)22(14-23,25-21(15)24)19-9-3-2-4-10-19/h2-13,20H,1H2. The number of esters is 1. The predicted molar refractivity (Wildman–Crippen MR) is 95.7 cm³/mol. The second kappa shape index (κ2) is 5.61. The molecule has 1 aliphatic heterocycles. The molecule has 0 saturated carbocycles. The fourth-order valence-electron chi connectivity index (χ4n) is 3.52. The second-order valence-electron chi connectivity index (χ2n) is 6.17. The van der Waals surface area contributed by atoms with Crippen LogP contribution < -0.4 is 0 Å². The Balaban J connectivity index is 1.94. The van der Waals surface area contributed by atoms with E-state index in [1.165, 1.54) is 0 Å². The third-order valence-corrected chi connectivity index (χ3v) is 4.75. The van der Waals surface area contributed by atoms with Crippen molar-refractivity contribution in [1.29, 1.82) is 5.26 Å². The number of nitrogens with zero attached hydrogens (tertiary/aromatic N) is 1. The van der Waals surface area contributed by atoms with Crippen molar-refractivity contribution in [1.82, 2.24) is 0 Å². The molecule has 0 spiro atoms. The van der Waals surface area contributed by atoms with E-state index in [0.29, 0.717) is 11.1 Å². The summed E-state index contributed by atoms with van der Waals surface area (Å²) in [5.74, 6) is -1.07. The Kier molecular flexibility index (Phi) is 3.40. The molecule has 0 aliphatic carbocycles. The number of hydrogen-bond donors (Lipinski definition) is 0. The van der Waals surface area contributed by atoms with Gasteiger partial charge in [0.25, 0.3) is 0 Å². The first kappa shape index (κ1) is 15.2. The van der Waals surface area contributed by atoms with Gasteiger partial charge in [-0.2, -0.15) is 5.26 Å². The minimum atomic E-state index is -1.39. The van der Waals surface area contributed by atoms with E-state index < -0.39 is 17.5 Å². The summed E-state index contributed by atoms with van der Waals surface area (Å²) in [6.45, 7) is 3.92. The molecule has 0 bridgehead atoms. The maximum Gasteiger partial charge on any atom is 0.336 e. The van der Waals surface area contributed by atoms with Crippen LogP contribution in [0.4, 0.5) is 0 Å². The van der Waals surface area contributed by atoms with Crippen molar-refractivity contribution >= 4 is 16.7 Å². The van der Waals surface area contributed by atoms with Crippen molar-refractivity contribution in [3.63, 3.8) is 0 Å². The summed E-state index contributed by atoms with van der Waals surface area (Å²) in [4.78, 5) is 12.3. The zero-order valence-corrected chi connectivity index (χ0v) is 13.5. The smallest absolute Gasteiger partial charge is 0.336 e. The molecule has 3 nitrogen and oxygen atoms in total. The van der Waals surface area contributed by atoms with Gasteiger partial charge >= 0.3 is 5.97 Å². The summed E-state index contributed by atoms with van der Waals surface area (Å²) in [6, 6.07) is 25.3. The van der Waals surface area contributed by atoms with E-state index in [2.05, 4.69) is 12.6 Å². The largest absolute Gasteiger partial charge is 0.435 e. The number of nitriles is 1. The van der Waals surface area contributed by atoms with E-state index in [4.69, 9.17) is 4.74 Å². The van der Waals surface area contributed by atoms with Crippen LogP contribution in [-0.2, 0) is 15.1 Å². The maximum absolute atomic E-state index is 12.3. The highest BCUT2D eigenvalue weighted by Gasteiger charge is 2.54. The number of cyclic esters (lactones) is 1. The second-order valence-corrected chi connectivity index (χ2v) is 6.17. The molecule has 3 aromatic rings. The van der Waals surface area contributed by atoms with E-state index >= 15 is 0 Å². The van der Waals surface area contributed by atoms with Crippen LogP contribution >= 0.6 is 0 Å². The zero-order valence-electron chi connectivity index (χ0n) is 13.5. The average molecular weight is 325 g/mol. The third kappa shape index (κ3) is 2.23. The molecular weight excluding hydrogens is 310 g/mol. The molecule has 3 heteroatoms. The van der Waals surface area contributed by atoms with Crippen molar-refractivity contribution in [2.75, 3.05) is 0 Å². The van der Waals surface area contributed by atoms with Crippen molar-refractivity contribution in [3.8, 4) is 6.07 Å². The topological polar surface area (TPSA) is 50.1 Å². The van der Waals surface area contributed by atoms with Gasteiger partial charge in [0.2, 0.25) is 5.60 Å². The molecule has 120 valence electrons. The third-order valence-electron chi connectivity index (χ3n) is 4.75. The molecule has 1 aliphatic rings. The zero-order chi connectivity index (χ0) is 17.4. The molecule has 0 amide bonds. The molecule has 1 saturated heterocycles. The van der Waals surface area contributed by atoms with Crippen LogP contribution in [0.5, 0.6) is 0 Å². The Bertz CT molecular complexity index is 1030. The van der Waals surface area contributed by atoms with Crippen molar-refractivity contribution in [2.24, 2.45) is 0 Å². The van der Waals surface area contributed by atoms with E-state index in [-0.39, 0.29) is 0 Å². The molecule has 0 radical (unpaired) electrons. The van der Waals surface area contributed by atoms with E-state index in [9.17, 15) is 10.1 Å². The molecule has 3 aromatic carbocycles. The molecule has 0 aromatic heterocycles. The normalized spacial score (nSPS) is 22.6. The van der Waals surface area contributed by atoms with E-state index in [0.717, 1.165) is 16.3 Å². The SMILES string of the molecule is C=C1C(=O)OC(C#N)(c2ccccc2)C1c1ccc2ccccc2c1. The lowest BCUT2D eigenvalue weighted by Gasteiger charge is -2.27. The number of rotatable bonds is 2. The van der Waals surface area contributed by atoms with Gasteiger partial charge in [-0.3, -0.25) is 0 Å². The Labute approximate surface area is 145 Å². The van der Waals surface area contributed by atoms with Gasteiger partial charge in [0.15, 0.2) is 0 Å². The Morgan fingerprint density at radius 3 is 2.36 bits per heavy atom. The minimum absolute atomic E-state index is 0.306. The average Bonchev–Trinajstić information content (AvgIpc) is 2.93. The van der Waals surface area contributed by atoms with Crippen LogP contribution in [-0.4, -0.2) is 5.97 Å². The highest BCUT2D eigenvalue weighted by Crippen LogP contribution is 2.50. The highest BCUT2D eigenvalue weighted by atomic mass is 16.6. The van der Waals surface area contributed by atoms with Gasteiger partial charge in [-0.15, -0.1) is 0 Å². The highest BCUT2D eigenvalue weighted by molar-refractivity contribution is 5.94. The van der Waals surface area contributed by atoms with E-state index in [1.54, 1.807) is 0 Å². The summed E-state index contributed by atoms with van der Waals surface area (Å²) < 4.78 is 5.58. The predicted octanol–water partition coefficient (Wildman–Crippen LogP) is 4.46. The Morgan fingerprint density at radius 1 is 0.960 bits per heavy atom. The molecule has 2 atom stereocenters. The quantitative estimate of drug-likeness (QED) is 0.516. The molecule has 1 heterocycles. The van der Waals surface area contributed by atoms with Crippen LogP contribution in [0, 0.1) is 11.3 Å². The van der Waals surface area contributed by atoms with Gasteiger partial charge in [-0.05, 0) is 16.3 Å². The summed E-state index contributed by atoms with van der Waals surface area (Å²) in [5, 5.41) is 12.1. The first-order chi connectivity index (χ1) is 12.2. The van der Waals surface area contributed by atoms with Gasteiger partial charge in [0.05, 0.1) is 5.92 Å². The van der Waals surface area contributed by atoms with Crippen molar-refractivity contribution in [2.45, 2.75) is 11.5 Å². The number of ether oxygens (including phenoxy) is 1. The lowest BCUT2D eigenvalue weighted by Crippen LogP contribution is -2.30. The van der Waals surface area contributed by atoms with Crippen LogP contribution in [0.1, 0.15) is 17.0 Å². The molecule has 1 fully saturated rings. The fourth-order valence-corrected chi connectivity index (χ4v) is 3.52. The van der Waals surface area contributed by atoms with Crippen LogP contribution in [0.3, 0.4) is 0 Å². The maximum atomic E-state index is 12.3. The number of benzene rings is 3. The van der Waals surface area contributed by atoms with Gasteiger partial charge in [-0.25, -0.2) is 4.79 Å². The number of hydrogen-bond acceptors (Lipinski definition) is 3. The minimum Gasteiger partial charge on any atom is -0.435 e. The monoisotopic (exact) mass is 325 g/mol. The molecular formula is C22H15NO2. The number of fused-ring (bicyclic) bond motifs is 1. The van der Waals surface area contributed by atoms with Crippen LogP contribution in [0.2, 0.25) is 0 Å². The molecule has 2 unspecified atom stereocenters. The molecule has 4 rings (SSSR count). The lowest BCUT2D eigenvalue weighted by molar-refractivity contribution is -0.143. The summed E-state index contributed by atoms with van der Waals surface area (Å²) in [6.07, 6.45) is 0. The molecule has 0 N–H and O–H groups in total. The van der Waals surface area contributed by atoms with E-state index in [1.807, 2.05) is 72.8 Å². The summed E-state index contributed by atoms with van der Waals surface area (Å²) in [5.41, 5.74) is 0.418. The Morgan fingerprint density at radius 2 is 1.64 bits per heavy atom. The van der Waals surface area contributed by atoms with Gasteiger partial charge in [0.1, 0.15) is 6.07 Å². The van der Waals surface area contributed by atoms with Gasteiger partial charge < -0.3 is 4.74 Å². The van der Waals surface area contributed by atoms with Gasteiger partial charge in [-0.1, -0.05) is 79.4 Å². The van der Waals surface area contributed by atoms with Crippen molar-refractivity contribution < 1.29 is 9.53 Å². The first-order valence-electron chi connectivity index (χ1n) is 8.03. The lowest BCUT2D eigenvalue weighted by atomic mass is 9.76. The summed E-state index contributed by atoms with van der Waals surface area (Å²) >= 11 is 0.